The molecule has 0 aromatic rings. The molecule has 0 fully saturated rings. The molecule has 0 saturated heterocycles. The molecule has 0 amide bonds. The van der Waals surface area contributed by atoms with Crippen molar-refractivity contribution in [2.45, 2.75) is 59.3 Å². The molecule has 0 aromatic heterocycles. The summed E-state index contributed by atoms with van der Waals surface area (Å²) in [6.45, 7) is 10.2. The van der Waals surface area contributed by atoms with E-state index < -0.39 is 0 Å². The van der Waals surface area contributed by atoms with Gasteiger partial charge in [-0.15, -0.1) is 0 Å². The fraction of sp³-hybridized carbons (Fsp3) is 1.00. The van der Waals surface area contributed by atoms with Crippen molar-refractivity contribution in [2.75, 3.05) is 19.6 Å². The molecule has 0 unspecified atom stereocenters. The molecule has 0 aliphatic rings. The standard InChI is InChI=1S/C12H29N2/c1-4-7-10-14(13,11-8-5-2)12-9-6-3/h4-13H2,1-3H3/q+1. The third-order valence-electron chi connectivity index (χ3n) is 2.87. The van der Waals surface area contributed by atoms with Gasteiger partial charge in [-0.25, -0.2) is 4.59 Å². The minimum absolute atomic E-state index is 0.815. The second kappa shape index (κ2) is 8.25. The SMILES string of the molecule is CCCC[N+](N)(CCCC)CCCC. The Bertz CT molecular complexity index is 102. The molecular formula is C12H29N2+. The van der Waals surface area contributed by atoms with E-state index in [1.165, 1.54) is 38.5 Å². The smallest absolute Gasteiger partial charge is 0.0960 e. The molecule has 2 heteroatoms. The van der Waals surface area contributed by atoms with Gasteiger partial charge in [0.1, 0.15) is 0 Å². The molecule has 0 radical (unpaired) electrons. The van der Waals surface area contributed by atoms with Crippen molar-refractivity contribution < 1.29 is 4.59 Å². The lowest BCUT2D eigenvalue weighted by molar-refractivity contribution is -0.940. The van der Waals surface area contributed by atoms with Crippen LogP contribution in [0.1, 0.15) is 59.3 Å². The predicted octanol–water partition coefficient (Wildman–Crippen LogP) is 3.08. The number of nitrogens with zero attached hydrogens (tertiary/aromatic N) is 1. The quantitative estimate of drug-likeness (QED) is 0.346. The molecule has 0 heterocycles. The summed E-state index contributed by atoms with van der Waals surface area (Å²) in [7, 11) is 0. The van der Waals surface area contributed by atoms with E-state index in [2.05, 4.69) is 20.8 Å². The maximum absolute atomic E-state index is 6.39. The van der Waals surface area contributed by atoms with Gasteiger partial charge in [0.15, 0.2) is 0 Å². The Labute approximate surface area is 90.0 Å². The average molecular weight is 201 g/mol. The lowest BCUT2D eigenvalue weighted by Crippen LogP contribution is -2.56. The molecule has 0 atom stereocenters. The number of hydrogen-bond donors (Lipinski definition) is 1. The van der Waals surface area contributed by atoms with Gasteiger partial charge in [0.2, 0.25) is 0 Å². The number of rotatable bonds is 9. The topological polar surface area (TPSA) is 26.0 Å². The van der Waals surface area contributed by atoms with Crippen LogP contribution in [-0.4, -0.2) is 24.2 Å². The fourth-order valence-electron chi connectivity index (χ4n) is 1.75. The van der Waals surface area contributed by atoms with Crippen LogP contribution in [0.5, 0.6) is 0 Å². The molecule has 2 nitrogen and oxygen atoms in total. The van der Waals surface area contributed by atoms with Crippen molar-refractivity contribution in [3.05, 3.63) is 0 Å². The molecule has 2 N–H and O–H groups in total. The Morgan fingerprint density at radius 3 is 1.21 bits per heavy atom. The highest BCUT2D eigenvalue weighted by Gasteiger charge is 2.20. The van der Waals surface area contributed by atoms with E-state index in [-0.39, 0.29) is 0 Å². The van der Waals surface area contributed by atoms with Crippen LogP contribution in [0, 0.1) is 0 Å². The maximum atomic E-state index is 6.39. The summed E-state index contributed by atoms with van der Waals surface area (Å²) in [4.78, 5) is 0. The first-order valence-electron chi connectivity index (χ1n) is 6.33. The summed E-state index contributed by atoms with van der Waals surface area (Å²) in [6.07, 6.45) is 7.58. The lowest BCUT2D eigenvalue weighted by atomic mass is 10.2. The van der Waals surface area contributed by atoms with Crippen molar-refractivity contribution in [1.29, 1.82) is 0 Å². The largest absolute Gasteiger partial charge is 0.248 e. The first kappa shape index (κ1) is 13.9. The van der Waals surface area contributed by atoms with Crippen molar-refractivity contribution in [2.24, 2.45) is 5.84 Å². The lowest BCUT2D eigenvalue weighted by Gasteiger charge is -2.33. The summed E-state index contributed by atoms with van der Waals surface area (Å²) >= 11 is 0. The summed E-state index contributed by atoms with van der Waals surface area (Å²) in [5.74, 6) is 6.39. The Balaban J connectivity index is 3.89. The first-order chi connectivity index (χ1) is 6.68. The zero-order chi connectivity index (χ0) is 10.9. The molecule has 86 valence electrons. The Kier molecular flexibility index (Phi) is 8.20. The van der Waals surface area contributed by atoms with Crippen molar-refractivity contribution in [3.63, 3.8) is 0 Å². The number of nitrogens with two attached hydrogens (primary N) is 1. The van der Waals surface area contributed by atoms with Gasteiger partial charge >= 0.3 is 0 Å². The number of quaternary nitrogens is 1. The molecule has 0 aliphatic heterocycles. The van der Waals surface area contributed by atoms with Crippen LogP contribution >= 0.6 is 0 Å². The third-order valence-corrected chi connectivity index (χ3v) is 2.87. The summed E-state index contributed by atoms with van der Waals surface area (Å²) < 4.78 is 0.815. The Morgan fingerprint density at radius 1 is 0.714 bits per heavy atom. The second-order valence-electron chi connectivity index (χ2n) is 4.45. The Morgan fingerprint density at radius 2 is 1.00 bits per heavy atom. The molecular weight excluding hydrogens is 172 g/mol. The second-order valence-corrected chi connectivity index (χ2v) is 4.45. The predicted molar refractivity (Wildman–Crippen MR) is 63.8 cm³/mol. The van der Waals surface area contributed by atoms with Crippen LogP contribution in [0.25, 0.3) is 0 Å². The average Bonchev–Trinajstić information content (AvgIpc) is 2.21. The van der Waals surface area contributed by atoms with E-state index in [0.29, 0.717) is 0 Å². The molecule has 0 aliphatic carbocycles. The molecule has 0 saturated carbocycles. The van der Waals surface area contributed by atoms with Gasteiger partial charge < -0.3 is 0 Å². The van der Waals surface area contributed by atoms with E-state index >= 15 is 0 Å². The molecule has 0 rings (SSSR count). The van der Waals surface area contributed by atoms with E-state index in [1.54, 1.807) is 0 Å². The van der Waals surface area contributed by atoms with Gasteiger partial charge in [-0.1, -0.05) is 40.0 Å². The third kappa shape index (κ3) is 6.39. The molecule has 0 spiro atoms. The number of unbranched alkanes of at least 4 members (excludes halogenated alkanes) is 3. The molecule has 14 heavy (non-hydrogen) atoms. The first-order valence-corrected chi connectivity index (χ1v) is 6.33. The molecule has 0 bridgehead atoms. The van der Waals surface area contributed by atoms with Crippen LogP contribution < -0.4 is 5.84 Å². The highest BCUT2D eigenvalue weighted by atomic mass is 15.6. The van der Waals surface area contributed by atoms with Gasteiger partial charge in [-0.05, 0) is 19.3 Å². The normalized spacial score (nSPS) is 12.0. The van der Waals surface area contributed by atoms with Gasteiger partial charge in [0.05, 0.1) is 19.6 Å². The van der Waals surface area contributed by atoms with E-state index in [4.69, 9.17) is 5.84 Å². The zero-order valence-electron chi connectivity index (χ0n) is 10.4. The van der Waals surface area contributed by atoms with E-state index in [9.17, 15) is 0 Å². The van der Waals surface area contributed by atoms with Crippen LogP contribution in [0.4, 0.5) is 0 Å². The van der Waals surface area contributed by atoms with Crippen LogP contribution in [-0.2, 0) is 0 Å². The highest BCUT2D eigenvalue weighted by molar-refractivity contribution is 4.42. The van der Waals surface area contributed by atoms with Crippen LogP contribution in [0.15, 0.2) is 0 Å². The minimum atomic E-state index is 0.815. The van der Waals surface area contributed by atoms with Gasteiger partial charge in [-0.2, -0.15) is 5.84 Å². The number of hydrogen-bond acceptors (Lipinski definition) is 1. The van der Waals surface area contributed by atoms with Gasteiger partial charge in [0.25, 0.3) is 0 Å². The van der Waals surface area contributed by atoms with Crippen molar-refractivity contribution in [3.8, 4) is 0 Å². The highest BCUT2D eigenvalue weighted by Crippen LogP contribution is 2.07. The van der Waals surface area contributed by atoms with Gasteiger partial charge in [-0.3, -0.25) is 0 Å². The van der Waals surface area contributed by atoms with Crippen molar-refractivity contribution in [1.82, 2.24) is 0 Å². The fourth-order valence-corrected chi connectivity index (χ4v) is 1.75. The van der Waals surface area contributed by atoms with Gasteiger partial charge in [0, 0.05) is 0 Å². The monoisotopic (exact) mass is 201 g/mol. The minimum Gasteiger partial charge on any atom is -0.248 e. The zero-order valence-corrected chi connectivity index (χ0v) is 10.4. The summed E-state index contributed by atoms with van der Waals surface area (Å²) in [6, 6.07) is 0. The van der Waals surface area contributed by atoms with E-state index in [0.717, 1.165) is 24.2 Å². The molecule has 0 aromatic carbocycles. The van der Waals surface area contributed by atoms with Crippen LogP contribution in [0.3, 0.4) is 0 Å². The summed E-state index contributed by atoms with van der Waals surface area (Å²) in [5, 5.41) is 0. The van der Waals surface area contributed by atoms with Crippen molar-refractivity contribution >= 4 is 0 Å². The summed E-state index contributed by atoms with van der Waals surface area (Å²) in [5.41, 5.74) is 0. The Hall–Kier alpha value is -0.0800. The maximum Gasteiger partial charge on any atom is 0.0960 e. The van der Waals surface area contributed by atoms with Crippen LogP contribution in [0.2, 0.25) is 0 Å². The van der Waals surface area contributed by atoms with E-state index in [1.807, 2.05) is 0 Å².